The normalized spacial score (nSPS) is 16.1. The Morgan fingerprint density at radius 1 is 1.40 bits per heavy atom. The average molecular weight is 277 g/mol. The maximum atomic E-state index is 11.1. The molecule has 0 aromatic heterocycles. The molecule has 110 valence electrons. The number of benzene rings is 1. The summed E-state index contributed by atoms with van der Waals surface area (Å²) in [5, 5.41) is 3.58. The highest BCUT2D eigenvalue weighted by molar-refractivity contribution is 5.72. The van der Waals surface area contributed by atoms with E-state index in [4.69, 9.17) is 10.5 Å². The lowest BCUT2D eigenvalue weighted by atomic mass is 10.0. The molecule has 5 heteroatoms. The van der Waals surface area contributed by atoms with Gasteiger partial charge in [0.1, 0.15) is 0 Å². The average Bonchev–Trinajstić information content (AvgIpc) is 2.47. The van der Waals surface area contributed by atoms with E-state index >= 15 is 0 Å². The van der Waals surface area contributed by atoms with Crippen LogP contribution in [0.5, 0.6) is 0 Å². The first-order valence-corrected chi connectivity index (χ1v) is 7.08. The summed E-state index contributed by atoms with van der Waals surface area (Å²) >= 11 is 0. The molecule has 1 saturated heterocycles. The van der Waals surface area contributed by atoms with Crippen LogP contribution in [0.2, 0.25) is 0 Å². The molecule has 20 heavy (non-hydrogen) atoms. The third-order valence-corrected chi connectivity index (χ3v) is 3.76. The summed E-state index contributed by atoms with van der Waals surface area (Å²) in [4.78, 5) is 12.8. The number of carbonyl (C=O) groups is 1. The number of hydrogen-bond donors (Lipinski definition) is 2. The molecule has 3 N–H and O–H groups in total. The number of methoxy groups -OCH3 is 1. The number of anilines is 1. The molecular formula is C15H23N3O2. The van der Waals surface area contributed by atoms with Crippen molar-refractivity contribution in [2.45, 2.75) is 25.3 Å². The minimum Gasteiger partial charge on any atom is -0.384 e. The molecule has 0 aliphatic carbocycles. The van der Waals surface area contributed by atoms with E-state index < -0.39 is 0 Å². The molecule has 0 bridgehead atoms. The van der Waals surface area contributed by atoms with Crippen LogP contribution < -0.4 is 11.1 Å². The smallest absolute Gasteiger partial charge is 0.314 e. The number of piperidine rings is 1. The van der Waals surface area contributed by atoms with Gasteiger partial charge in [0.25, 0.3) is 0 Å². The van der Waals surface area contributed by atoms with E-state index in [0.717, 1.165) is 39.0 Å². The second-order valence-electron chi connectivity index (χ2n) is 5.14. The highest BCUT2D eigenvalue weighted by Crippen LogP contribution is 2.20. The summed E-state index contributed by atoms with van der Waals surface area (Å²) in [5.74, 6) is 0. The molecule has 1 aromatic rings. The van der Waals surface area contributed by atoms with Gasteiger partial charge in [0.15, 0.2) is 0 Å². The van der Waals surface area contributed by atoms with Crippen molar-refractivity contribution >= 4 is 11.7 Å². The van der Waals surface area contributed by atoms with Gasteiger partial charge in [0.2, 0.25) is 0 Å². The maximum Gasteiger partial charge on any atom is 0.314 e. The molecule has 0 unspecified atom stereocenters. The zero-order valence-corrected chi connectivity index (χ0v) is 12.0. The van der Waals surface area contributed by atoms with Crippen molar-refractivity contribution in [3.05, 3.63) is 29.8 Å². The molecular weight excluding hydrogens is 254 g/mol. The lowest BCUT2D eigenvalue weighted by molar-refractivity contribution is 0.193. The molecule has 1 aliphatic heterocycles. The van der Waals surface area contributed by atoms with Gasteiger partial charge in [-0.05, 0) is 30.9 Å². The van der Waals surface area contributed by atoms with Crippen molar-refractivity contribution < 1.29 is 9.53 Å². The third-order valence-electron chi connectivity index (χ3n) is 3.76. The van der Waals surface area contributed by atoms with Gasteiger partial charge < -0.3 is 20.7 Å². The van der Waals surface area contributed by atoms with Crippen LogP contribution in [-0.2, 0) is 11.2 Å². The van der Waals surface area contributed by atoms with Crippen molar-refractivity contribution in [2.24, 2.45) is 5.73 Å². The van der Waals surface area contributed by atoms with Crippen molar-refractivity contribution in [1.82, 2.24) is 4.90 Å². The molecule has 0 saturated carbocycles. The zero-order valence-electron chi connectivity index (χ0n) is 12.0. The van der Waals surface area contributed by atoms with Gasteiger partial charge in [-0.1, -0.05) is 18.2 Å². The molecule has 2 rings (SSSR count). The summed E-state index contributed by atoms with van der Waals surface area (Å²) in [6, 6.07) is 8.40. The van der Waals surface area contributed by atoms with Crippen molar-refractivity contribution in [3.63, 3.8) is 0 Å². The number of likely N-dealkylation sites (tertiary alicyclic amines) is 1. The van der Waals surface area contributed by atoms with E-state index in [1.165, 1.54) is 11.3 Å². The topological polar surface area (TPSA) is 67.6 Å². The van der Waals surface area contributed by atoms with Crippen LogP contribution in [0.3, 0.4) is 0 Å². The van der Waals surface area contributed by atoms with Gasteiger partial charge in [0, 0.05) is 31.9 Å². The largest absolute Gasteiger partial charge is 0.384 e. The molecule has 0 spiro atoms. The van der Waals surface area contributed by atoms with Crippen LogP contribution >= 0.6 is 0 Å². The third kappa shape index (κ3) is 3.87. The quantitative estimate of drug-likeness (QED) is 0.863. The number of carbonyl (C=O) groups excluding carboxylic acids is 1. The summed E-state index contributed by atoms with van der Waals surface area (Å²) in [6.07, 6.45) is 2.77. The predicted octanol–water partition coefficient (Wildman–Crippen LogP) is 1.83. The number of ether oxygens (including phenoxy) is 1. The second-order valence-corrected chi connectivity index (χ2v) is 5.14. The Morgan fingerprint density at radius 3 is 2.75 bits per heavy atom. The SMILES string of the molecule is COCCc1ccccc1NC1CCN(C(N)=O)CC1. The first-order valence-electron chi connectivity index (χ1n) is 7.08. The summed E-state index contributed by atoms with van der Waals surface area (Å²) in [7, 11) is 1.72. The fourth-order valence-corrected chi connectivity index (χ4v) is 2.56. The molecule has 0 radical (unpaired) electrons. The van der Waals surface area contributed by atoms with E-state index in [2.05, 4.69) is 17.4 Å². The number of urea groups is 1. The van der Waals surface area contributed by atoms with Crippen LogP contribution in [-0.4, -0.2) is 43.8 Å². The fourth-order valence-electron chi connectivity index (χ4n) is 2.56. The van der Waals surface area contributed by atoms with Gasteiger partial charge in [-0.3, -0.25) is 0 Å². The Morgan fingerprint density at radius 2 is 2.10 bits per heavy atom. The molecule has 1 aromatic carbocycles. The predicted molar refractivity (Wildman–Crippen MR) is 79.8 cm³/mol. The van der Waals surface area contributed by atoms with Crippen LogP contribution in [0, 0.1) is 0 Å². The van der Waals surface area contributed by atoms with E-state index in [1.807, 2.05) is 12.1 Å². The molecule has 0 atom stereocenters. The minimum absolute atomic E-state index is 0.316. The van der Waals surface area contributed by atoms with E-state index in [1.54, 1.807) is 12.0 Å². The van der Waals surface area contributed by atoms with E-state index in [0.29, 0.717) is 6.04 Å². The lowest BCUT2D eigenvalue weighted by Gasteiger charge is -2.32. The number of nitrogens with two attached hydrogens (primary N) is 1. The molecule has 1 aliphatic rings. The number of nitrogens with one attached hydrogen (secondary N) is 1. The van der Waals surface area contributed by atoms with Crippen molar-refractivity contribution in [1.29, 1.82) is 0 Å². The highest BCUT2D eigenvalue weighted by Gasteiger charge is 2.21. The van der Waals surface area contributed by atoms with Crippen molar-refractivity contribution in [3.8, 4) is 0 Å². The number of para-hydroxylation sites is 1. The molecule has 1 fully saturated rings. The Labute approximate surface area is 120 Å². The second kappa shape index (κ2) is 7.14. The minimum atomic E-state index is -0.316. The van der Waals surface area contributed by atoms with Gasteiger partial charge in [-0.15, -0.1) is 0 Å². The van der Waals surface area contributed by atoms with Crippen LogP contribution in [0.4, 0.5) is 10.5 Å². The number of primary amides is 1. The van der Waals surface area contributed by atoms with Gasteiger partial charge in [0.05, 0.1) is 6.61 Å². The van der Waals surface area contributed by atoms with Crippen LogP contribution in [0.1, 0.15) is 18.4 Å². The van der Waals surface area contributed by atoms with Gasteiger partial charge in [-0.25, -0.2) is 4.79 Å². The first-order chi connectivity index (χ1) is 9.70. The number of rotatable bonds is 5. The Bertz CT molecular complexity index is 442. The summed E-state index contributed by atoms with van der Waals surface area (Å²) in [5.41, 5.74) is 7.74. The molecule has 5 nitrogen and oxygen atoms in total. The lowest BCUT2D eigenvalue weighted by Crippen LogP contribution is -2.44. The van der Waals surface area contributed by atoms with Crippen molar-refractivity contribution in [2.75, 3.05) is 32.1 Å². The fraction of sp³-hybridized carbons (Fsp3) is 0.533. The number of amides is 2. The van der Waals surface area contributed by atoms with E-state index in [-0.39, 0.29) is 6.03 Å². The first kappa shape index (κ1) is 14.7. The monoisotopic (exact) mass is 277 g/mol. The zero-order chi connectivity index (χ0) is 14.4. The van der Waals surface area contributed by atoms with Gasteiger partial charge in [-0.2, -0.15) is 0 Å². The highest BCUT2D eigenvalue weighted by atomic mass is 16.5. The Kier molecular flexibility index (Phi) is 5.24. The van der Waals surface area contributed by atoms with Crippen LogP contribution in [0.25, 0.3) is 0 Å². The number of nitrogens with zero attached hydrogens (tertiary/aromatic N) is 1. The number of hydrogen-bond acceptors (Lipinski definition) is 3. The molecule has 1 heterocycles. The van der Waals surface area contributed by atoms with Gasteiger partial charge >= 0.3 is 6.03 Å². The maximum absolute atomic E-state index is 11.1. The summed E-state index contributed by atoms with van der Waals surface area (Å²) in [6.45, 7) is 2.18. The summed E-state index contributed by atoms with van der Waals surface area (Å²) < 4.78 is 5.15. The van der Waals surface area contributed by atoms with Crippen LogP contribution in [0.15, 0.2) is 24.3 Å². The molecule has 2 amide bonds. The Balaban J connectivity index is 1.92. The standard InChI is InChI=1S/C15H23N3O2/c1-20-11-8-12-4-2-3-5-14(12)17-13-6-9-18(10-7-13)15(16)19/h2-5,13,17H,6-11H2,1H3,(H2,16,19). The van der Waals surface area contributed by atoms with E-state index in [9.17, 15) is 4.79 Å². The Hall–Kier alpha value is -1.75.